The first-order valence-corrected chi connectivity index (χ1v) is 4.46. The number of carbonyl (C=O) groups excluding carboxylic acids is 1. The lowest BCUT2D eigenvalue weighted by Crippen LogP contribution is -2.40. The summed E-state index contributed by atoms with van der Waals surface area (Å²) in [5, 5.41) is 3.09. The number of rotatable bonds is 4. The summed E-state index contributed by atoms with van der Waals surface area (Å²) < 4.78 is 0. The van der Waals surface area contributed by atoms with Gasteiger partial charge in [0.2, 0.25) is 5.91 Å². The van der Waals surface area contributed by atoms with Crippen LogP contribution in [0, 0.1) is 0 Å². The summed E-state index contributed by atoms with van der Waals surface area (Å²) >= 11 is 0. The van der Waals surface area contributed by atoms with E-state index in [1.807, 2.05) is 19.1 Å². The zero-order valence-electron chi connectivity index (χ0n) is 8.45. The van der Waals surface area contributed by atoms with Gasteiger partial charge >= 0.3 is 0 Å². The molecule has 0 fully saturated rings. The monoisotopic (exact) mass is 193 g/mol. The molecule has 1 aromatic heterocycles. The van der Waals surface area contributed by atoms with Crippen LogP contribution in [-0.4, -0.2) is 17.9 Å². The Morgan fingerprint density at radius 2 is 2.43 bits per heavy atom. The van der Waals surface area contributed by atoms with Gasteiger partial charge in [-0.1, -0.05) is 6.07 Å². The number of nitrogens with zero attached hydrogens (tertiary/aromatic N) is 1. The number of nitrogens with two attached hydrogens (primary N) is 1. The van der Waals surface area contributed by atoms with E-state index in [1.54, 1.807) is 19.4 Å². The van der Waals surface area contributed by atoms with Crippen molar-refractivity contribution in [3.8, 4) is 0 Å². The van der Waals surface area contributed by atoms with E-state index in [0.717, 1.165) is 5.56 Å². The van der Waals surface area contributed by atoms with Gasteiger partial charge in [0.15, 0.2) is 0 Å². The maximum Gasteiger partial charge on any atom is 0.219 e. The number of hydrogen-bond donors (Lipinski definition) is 2. The smallest absolute Gasteiger partial charge is 0.219 e. The van der Waals surface area contributed by atoms with E-state index in [-0.39, 0.29) is 12.3 Å². The summed E-state index contributed by atoms with van der Waals surface area (Å²) in [6.45, 7) is 1.93. The van der Waals surface area contributed by atoms with E-state index in [2.05, 4.69) is 10.3 Å². The first-order valence-electron chi connectivity index (χ1n) is 4.46. The molecule has 0 aliphatic rings. The molecular formula is C10H15N3O. The lowest BCUT2D eigenvalue weighted by atomic mass is 9.90. The van der Waals surface area contributed by atoms with Gasteiger partial charge in [0, 0.05) is 18.8 Å². The minimum Gasteiger partial charge on any atom is -0.370 e. The molecule has 0 bridgehead atoms. The Kier molecular flexibility index (Phi) is 3.19. The molecule has 4 nitrogen and oxygen atoms in total. The number of nitrogens with one attached hydrogen (secondary N) is 1. The van der Waals surface area contributed by atoms with Crippen LogP contribution in [0.25, 0.3) is 0 Å². The largest absolute Gasteiger partial charge is 0.370 e. The Morgan fingerprint density at radius 1 is 1.71 bits per heavy atom. The van der Waals surface area contributed by atoms with Gasteiger partial charge in [-0.3, -0.25) is 9.78 Å². The van der Waals surface area contributed by atoms with Gasteiger partial charge in [0.25, 0.3) is 0 Å². The summed E-state index contributed by atoms with van der Waals surface area (Å²) in [6, 6.07) is 3.76. The van der Waals surface area contributed by atoms with Gasteiger partial charge in [-0.05, 0) is 25.6 Å². The van der Waals surface area contributed by atoms with Crippen molar-refractivity contribution in [1.82, 2.24) is 10.3 Å². The van der Waals surface area contributed by atoms with Crippen molar-refractivity contribution in [2.24, 2.45) is 5.73 Å². The van der Waals surface area contributed by atoms with Crippen molar-refractivity contribution in [2.75, 3.05) is 7.05 Å². The molecule has 0 saturated heterocycles. The molecule has 1 atom stereocenters. The molecule has 14 heavy (non-hydrogen) atoms. The fraction of sp³-hybridized carbons (Fsp3) is 0.400. The zero-order chi connectivity index (χ0) is 10.6. The highest BCUT2D eigenvalue weighted by atomic mass is 16.1. The van der Waals surface area contributed by atoms with Crippen molar-refractivity contribution in [3.05, 3.63) is 30.1 Å². The summed E-state index contributed by atoms with van der Waals surface area (Å²) in [5.41, 5.74) is 5.72. The number of carbonyl (C=O) groups is 1. The molecule has 0 radical (unpaired) electrons. The molecule has 0 spiro atoms. The highest BCUT2D eigenvalue weighted by Gasteiger charge is 2.26. The Balaban J connectivity index is 2.95. The van der Waals surface area contributed by atoms with Crippen LogP contribution in [0.3, 0.4) is 0 Å². The predicted molar refractivity (Wildman–Crippen MR) is 54.5 cm³/mol. The molecule has 4 heteroatoms. The van der Waals surface area contributed by atoms with Crippen molar-refractivity contribution >= 4 is 5.91 Å². The summed E-state index contributed by atoms with van der Waals surface area (Å²) in [4.78, 5) is 14.9. The minimum absolute atomic E-state index is 0.259. The quantitative estimate of drug-likeness (QED) is 0.727. The highest BCUT2D eigenvalue weighted by molar-refractivity contribution is 5.75. The van der Waals surface area contributed by atoms with Gasteiger partial charge in [-0.25, -0.2) is 0 Å². The maximum atomic E-state index is 10.9. The van der Waals surface area contributed by atoms with Gasteiger partial charge in [-0.2, -0.15) is 0 Å². The third-order valence-electron chi connectivity index (χ3n) is 2.38. The first-order chi connectivity index (χ1) is 6.58. The molecule has 1 aromatic rings. The van der Waals surface area contributed by atoms with Gasteiger partial charge in [0.1, 0.15) is 0 Å². The lowest BCUT2D eigenvalue weighted by molar-refractivity contribution is -0.119. The van der Waals surface area contributed by atoms with E-state index >= 15 is 0 Å². The molecule has 1 rings (SSSR count). The summed E-state index contributed by atoms with van der Waals surface area (Å²) in [7, 11) is 1.80. The van der Waals surface area contributed by atoms with Crippen LogP contribution in [0.15, 0.2) is 24.5 Å². The molecule has 76 valence electrons. The second-order valence-corrected chi connectivity index (χ2v) is 3.47. The van der Waals surface area contributed by atoms with E-state index < -0.39 is 5.54 Å². The predicted octanol–water partition coefficient (Wildman–Crippen LogP) is 0.392. The van der Waals surface area contributed by atoms with Crippen molar-refractivity contribution < 1.29 is 4.79 Å². The van der Waals surface area contributed by atoms with E-state index in [1.165, 1.54) is 0 Å². The number of primary amides is 1. The summed E-state index contributed by atoms with van der Waals surface area (Å²) in [5.74, 6) is -0.328. The third-order valence-corrected chi connectivity index (χ3v) is 2.38. The number of pyridine rings is 1. The third kappa shape index (κ3) is 2.29. The van der Waals surface area contributed by atoms with Crippen LogP contribution >= 0.6 is 0 Å². The highest BCUT2D eigenvalue weighted by Crippen LogP contribution is 2.22. The second-order valence-electron chi connectivity index (χ2n) is 3.47. The SMILES string of the molecule is CNC(C)(CC(N)=O)c1cccnc1. The van der Waals surface area contributed by atoms with Gasteiger partial charge < -0.3 is 11.1 Å². The topological polar surface area (TPSA) is 68.0 Å². The van der Waals surface area contributed by atoms with Crippen LogP contribution < -0.4 is 11.1 Å². The molecule has 0 saturated carbocycles. The van der Waals surface area contributed by atoms with Gasteiger partial charge in [0.05, 0.1) is 5.54 Å². The fourth-order valence-electron chi connectivity index (χ4n) is 1.37. The average Bonchev–Trinajstić information content (AvgIpc) is 2.18. The van der Waals surface area contributed by atoms with Crippen LogP contribution in [0.4, 0.5) is 0 Å². The number of hydrogen-bond acceptors (Lipinski definition) is 3. The molecule has 1 heterocycles. The molecule has 0 aromatic carbocycles. The Bertz CT molecular complexity index is 312. The standard InChI is InChI=1S/C10H15N3O/c1-10(12-2,6-9(11)14)8-4-3-5-13-7-8/h3-5,7,12H,6H2,1-2H3,(H2,11,14). The molecule has 1 unspecified atom stereocenters. The van der Waals surface area contributed by atoms with E-state index in [4.69, 9.17) is 5.73 Å². The van der Waals surface area contributed by atoms with E-state index in [9.17, 15) is 4.79 Å². The van der Waals surface area contributed by atoms with Gasteiger partial charge in [-0.15, -0.1) is 0 Å². The molecule has 0 aliphatic carbocycles. The maximum absolute atomic E-state index is 10.9. The molecule has 3 N–H and O–H groups in total. The van der Waals surface area contributed by atoms with Crippen molar-refractivity contribution in [1.29, 1.82) is 0 Å². The zero-order valence-corrected chi connectivity index (χ0v) is 8.45. The van der Waals surface area contributed by atoms with Crippen LogP contribution in [0.1, 0.15) is 18.9 Å². The number of amides is 1. The Hall–Kier alpha value is -1.42. The Labute approximate surface area is 83.5 Å². The second kappa shape index (κ2) is 4.19. The lowest BCUT2D eigenvalue weighted by Gasteiger charge is -2.27. The van der Waals surface area contributed by atoms with Crippen LogP contribution in [-0.2, 0) is 10.3 Å². The fourth-order valence-corrected chi connectivity index (χ4v) is 1.37. The first kappa shape index (κ1) is 10.7. The van der Waals surface area contributed by atoms with Crippen LogP contribution in [0.2, 0.25) is 0 Å². The molecule has 1 amide bonds. The van der Waals surface area contributed by atoms with Crippen molar-refractivity contribution in [2.45, 2.75) is 18.9 Å². The molecular weight excluding hydrogens is 178 g/mol. The van der Waals surface area contributed by atoms with E-state index in [0.29, 0.717) is 0 Å². The minimum atomic E-state index is -0.430. The molecule has 0 aliphatic heterocycles. The normalized spacial score (nSPS) is 14.7. The van der Waals surface area contributed by atoms with Crippen LogP contribution in [0.5, 0.6) is 0 Å². The Morgan fingerprint density at radius 3 is 2.86 bits per heavy atom. The summed E-state index contributed by atoms with van der Waals surface area (Å²) in [6.07, 6.45) is 3.69. The average molecular weight is 193 g/mol. The van der Waals surface area contributed by atoms with Crippen molar-refractivity contribution in [3.63, 3.8) is 0 Å². The number of aromatic nitrogens is 1.